The molecule has 0 saturated heterocycles. The lowest BCUT2D eigenvalue weighted by atomic mass is 10.6. The smallest absolute Gasteiger partial charge is 0.141 e. The number of carbonyl (C=O) groups is 1. The highest BCUT2D eigenvalue weighted by molar-refractivity contribution is 5.48. The fourth-order valence-electron chi connectivity index (χ4n) is 0.561. The Balaban J connectivity index is 2.72. The van der Waals surface area contributed by atoms with Crippen molar-refractivity contribution in [1.29, 1.82) is 0 Å². The van der Waals surface area contributed by atoms with Crippen LogP contribution in [-0.2, 0) is 11.3 Å². The molecule has 0 bridgehead atoms. The molecule has 0 spiro atoms. The van der Waals surface area contributed by atoms with Crippen molar-refractivity contribution in [2.75, 3.05) is 0 Å². The number of aryl methyl sites for hydroxylation is 1. The molecule has 4 nitrogen and oxygen atoms in total. The summed E-state index contributed by atoms with van der Waals surface area (Å²) >= 11 is 0. The van der Waals surface area contributed by atoms with Gasteiger partial charge in [-0.25, -0.2) is 4.68 Å². The minimum Gasteiger partial charge on any atom is -0.301 e. The molecule has 48 valence electrons. The van der Waals surface area contributed by atoms with Gasteiger partial charge in [0.1, 0.15) is 6.29 Å². The first kappa shape index (κ1) is 5.94. The van der Waals surface area contributed by atoms with Gasteiger partial charge < -0.3 is 4.79 Å². The molecule has 1 rings (SSSR count). The molecule has 0 aliphatic heterocycles. The SMILES string of the molecule is Cc1cn(CC=O)nn1. The van der Waals surface area contributed by atoms with E-state index < -0.39 is 0 Å². The van der Waals surface area contributed by atoms with Gasteiger partial charge in [0.05, 0.1) is 12.2 Å². The monoisotopic (exact) mass is 125 g/mol. The average Bonchev–Trinajstić information content (AvgIpc) is 2.17. The summed E-state index contributed by atoms with van der Waals surface area (Å²) in [5.74, 6) is 0. The predicted molar refractivity (Wildman–Crippen MR) is 30.8 cm³/mol. The van der Waals surface area contributed by atoms with Gasteiger partial charge in [0.2, 0.25) is 0 Å². The van der Waals surface area contributed by atoms with E-state index in [1.54, 1.807) is 6.20 Å². The van der Waals surface area contributed by atoms with Crippen LogP contribution in [0.1, 0.15) is 5.69 Å². The molecule has 0 fully saturated rings. The third-order valence-corrected chi connectivity index (χ3v) is 0.915. The molecule has 0 radical (unpaired) electrons. The van der Waals surface area contributed by atoms with Crippen LogP contribution in [0.4, 0.5) is 0 Å². The summed E-state index contributed by atoms with van der Waals surface area (Å²) in [6.45, 7) is 2.12. The van der Waals surface area contributed by atoms with E-state index in [0.29, 0.717) is 6.54 Å². The second-order valence-corrected chi connectivity index (χ2v) is 1.75. The van der Waals surface area contributed by atoms with Crippen LogP contribution in [0.25, 0.3) is 0 Å². The standard InChI is InChI=1S/C5H7N3O/c1-5-4-8(2-3-9)7-6-5/h3-4H,2H2,1H3. The lowest BCUT2D eigenvalue weighted by molar-refractivity contribution is -0.108. The largest absolute Gasteiger partial charge is 0.301 e. The molecule has 0 saturated carbocycles. The number of hydrogen-bond donors (Lipinski definition) is 0. The molecule has 1 aromatic rings. The zero-order chi connectivity index (χ0) is 6.69. The molecule has 9 heavy (non-hydrogen) atoms. The van der Waals surface area contributed by atoms with Crippen LogP contribution >= 0.6 is 0 Å². The first-order valence-corrected chi connectivity index (χ1v) is 2.63. The number of hydrogen-bond acceptors (Lipinski definition) is 3. The number of aromatic nitrogens is 3. The molecule has 0 aliphatic carbocycles. The van der Waals surface area contributed by atoms with Gasteiger partial charge in [0.15, 0.2) is 0 Å². The van der Waals surface area contributed by atoms with Crippen LogP contribution in [0.3, 0.4) is 0 Å². The van der Waals surface area contributed by atoms with Crippen molar-refractivity contribution in [3.8, 4) is 0 Å². The van der Waals surface area contributed by atoms with Crippen LogP contribution in [0.5, 0.6) is 0 Å². The van der Waals surface area contributed by atoms with Gasteiger partial charge in [-0.3, -0.25) is 0 Å². The van der Waals surface area contributed by atoms with Crippen molar-refractivity contribution in [2.24, 2.45) is 0 Å². The summed E-state index contributed by atoms with van der Waals surface area (Å²) in [5, 5.41) is 7.33. The lowest BCUT2D eigenvalue weighted by Crippen LogP contribution is -1.98. The number of rotatable bonds is 2. The van der Waals surface area contributed by atoms with Crippen molar-refractivity contribution in [2.45, 2.75) is 13.5 Å². The van der Waals surface area contributed by atoms with Crippen LogP contribution < -0.4 is 0 Å². The Kier molecular flexibility index (Phi) is 1.58. The Morgan fingerprint density at radius 3 is 3.11 bits per heavy atom. The second-order valence-electron chi connectivity index (χ2n) is 1.75. The van der Waals surface area contributed by atoms with Gasteiger partial charge in [0.25, 0.3) is 0 Å². The first-order valence-electron chi connectivity index (χ1n) is 2.63. The molecular weight excluding hydrogens is 118 g/mol. The summed E-state index contributed by atoms with van der Waals surface area (Å²) in [7, 11) is 0. The maximum Gasteiger partial charge on any atom is 0.141 e. The van der Waals surface area contributed by atoms with E-state index in [0.717, 1.165) is 12.0 Å². The summed E-state index contributed by atoms with van der Waals surface area (Å²) in [6, 6.07) is 0. The zero-order valence-electron chi connectivity index (χ0n) is 5.11. The third-order valence-electron chi connectivity index (χ3n) is 0.915. The normalized spacial score (nSPS) is 9.44. The Labute approximate surface area is 52.5 Å². The highest BCUT2D eigenvalue weighted by Gasteiger charge is 1.90. The average molecular weight is 125 g/mol. The van der Waals surface area contributed by atoms with Crippen LogP contribution in [0.2, 0.25) is 0 Å². The molecule has 0 atom stereocenters. The second kappa shape index (κ2) is 2.39. The Morgan fingerprint density at radius 1 is 1.89 bits per heavy atom. The summed E-state index contributed by atoms with van der Waals surface area (Å²) < 4.78 is 1.49. The minimum absolute atomic E-state index is 0.292. The van der Waals surface area contributed by atoms with Gasteiger partial charge in [-0.05, 0) is 6.92 Å². The van der Waals surface area contributed by atoms with Crippen molar-refractivity contribution >= 4 is 6.29 Å². The quantitative estimate of drug-likeness (QED) is 0.513. The molecule has 0 amide bonds. The predicted octanol–water partition coefficient (Wildman–Crippen LogP) is -0.215. The van der Waals surface area contributed by atoms with Crippen LogP contribution in [-0.4, -0.2) is 21.3 Å². The lowest BCUT2D eigenvalue weighted by Gasteiger charge is -1.85. The molecule has 0 unspecified atom stereocenters. The molecule has 4 heteroatoms. The van der Waals surface area contributed by atoms with Crippen LogP contribution in [0.15, 0.2) is 6.20 Å². The number of aldehydes is 1. The molecular formula is C5H7N3O. The fourth-order valence-corrected chi connectivity index (χ4v) is 0.561. The van der Waals surface area contributed by atoms with E-state index in [2.05, 4.69) is 10.3 Å². The molecule has 1 heterocycles. The molecule has 1 aromatic heterocycles. The molecule has 0 aliphatic rings. The Hall–Kier alpha value is -1.19. The maximum absolute atomic E-state index is 9.89. The molecule has 0 aromatic carbocycles. The molecule has 0 N–H and O–H groups in total. The van der Waals surface area contributed by atoms with Gasteiger partial charge in [0, 0.05) is 6.20 Å². The van der Waals surface area contributed by atoms with Crippen molar-refractivity contribution in [3.63, 3.8) is 0 Å². The number of carbonyl (C=O) groups excluding carboxylic acids is 1. The minimum atomic E-state index is 0.292. The van der Waals surface area contributed by atoms with Gasteiger partial charge in [-0.2, -0.15) is 0 Å². The van der Waals surface area contributed by atoms with E-state index >= 15 is 0 Å². The van der Waals surface area contributed by atoms with Crippen molar-refractivity contribution in [1.82, 2.24) is 15.0 Å². The van der Waals surface area contributed by atoms with Crippen molar-refractivity contribution < 1.29 is 4.79 Å². The van der Waals surface area contributed by atoms with E-state index in [-0.39, 0.29) is 0 Å². The van der Waals surface area contributed by atoms with E-state index in [4.69, 9.17) is 0 Å². The Bertz CT molecular complexity index is 206. The van der Waals surface area contributed by atoms with Crippen molar-refractivity contribution in [3.05, 3.63) is 11.9 Å². The summed E-state index contributed by atoms with van der Waals surface area (Å²) in [4.78, 5) is 9.89. The van der Waals surface area contributed by atoms with Gasteiger partial charge >= 0.3 is 0 Å². The van der Waals surface area contributed by atoms with E-state index in [1.807, 2.05) is 6.92 Å². The third kappa shape index (κ3) is 1.35. The highest BCUT2D eigenvalue weighted by atomic mass is 16.1. The maximum atomic E-state index is 9.89. The summed E-state index contributed by atoms with van der Waals surface area (Å²) in [6.07, 6.45) is 2.50. The zero-order valence-corrected chi connectivity index (χ0v) is 5.11. The topological polar surface area (TPSA) is 47.8 Å². The Morgan fingerprint density at radius 2 is 2.67 bits per heavy atom. The summed E-state index contributed by atoms with van der Waals surface area (Å²) in [5.41, 5.74) is 0.830. The van der Waals surface area contributed by atoms with Crippen LogP contribution in [0, 0.1) is 6.92 Å². The van der Waals surface area contributed by atoms with Gasteiger partial charge in [-0.1, -0.05) is 5.21 Å². The van der Waals surface area contributed by atoms with E-state index in [9.17, 15) is 4.79 Å². The highest BCUT2D eigenvalue weighted by Crippen LogP contribution is 1.86. The van der Waals surface area contributed by atoms with Gasteiger partial charge in [-0.15, -0.1) is 5.10 Å². The first-order chi connectivity index (χ1) is 4.33. The van der Waals surface area contributed by atoms with E-state index in [1.165, 1.54) is 4.68 Å². The number of nitrogens with zero attached hydrogens (tertiary/aromatic N) is 3. The fraction of sp³-hybridized carbons (Fsp3) is 0.400.